The molecule has 0 aromatic carbocycles. The van der Waals surface area contributed by atoms with Crippen molar-refractivity contribution >= 4 is 17.9 Å². The number of carbonyl (C=O) groups excluding carboxylic acids is 3. The van der Waals surface area contributed by atoms with E-state index in [1.54, 1.807) is 0 Å². The van der Waals surface area contributed by atoms with Crippen LogP contribution in [0.3, 0.4) is 0 Å². The van der Waals surface area contributed by atoms with Gasteiger partial charge in [-0.1, -0.05) is 168 Å². The van der Waals surface area contributed by atoms with E-state index in [-0.39, 0.29) is 38.6 Å². The van der Waals surface area contributed by atoms with E-state index in [0.29, 0.717) is 17.4 Å². The molecule has 2 atom stereocenters. The van der Waals surface area contributed by atoms with Gasteiger partial charge in [0.05, 0.1) is 40.3 Å². The Morgan fingerprint density at radius 2 is 0.905 bits per heavy atom. The number of ether oxygens (including phenoxy) is 4. The molecule has 0 amide bonds. The smallest absolute Gasteiger partial charge is 0.306 e. The molecular weight excluding hydrogens is 791 g/mol. The first kappa shape index (κ1) is 58.9. The normalized spacial score (nSPS) is 13.9. The molecule has 0 heterocycles. The number of rotatable bonds is 42. The SMILES string of the molecule is CC/C=C\C/C=C\C/C=C\C/C=C\C/C=C\C/C=C\C/C=C\C/C=C\C/C=C\CCCCCCCC(=O)OC(COC(=O)CCCCCCC)COC(OCC[N+](C)(C)C)C(=O)[O-]. The van der Waals surface area contributed by atoms with Crippen molar-refractivity contribution in [2.24, 2.45) is 0 Å². The average molecular weight is 878 g/mol. The van der Waals surface area contributed by atoms with Crippen LogP contribution < -0.4 is 5.11 Å². The fraction of sp³-hybridized carbons (Fsp3) is 0.611. The number of carboxylic acids is 1. The Bertz CT molecular complexity index is 1390. The lowest BCUT2D eigenvalue weighted by molar-refractivity contribution is -0.870. The summed E-state index contributed by atoms with van der Waals surface area (Å²) in [6.07, 6.45) is 57.5. The molecule has 9 nitrogen and oxygen atoms in total. The number of unbranched alkanes of at least 4 members (excludes halogenated alkanes) is 9. The van der Waals surface area contributed by atoms with Crippen LogP contribution in [0.25, 0.3) is 0 Å². The zero-order chi connectivity index (χ0) is 46.3. The topological polar surface area (TPSA) is 111 Å². The van der Waals surface area contributed by atoms with Gasteiger partial charge >= 0.3 is 11.9 Å². The molecule has 63 heavy (non-hydrogen) atoms. The number of aliphatic carboxylic acids is 1. The Morgan fingerprint density at radius 3 is 1.35 bits per heavy atom. The van der Waals surface area contributed by atoms with Crippen molar-refractivity contribution in [3.05, 3.63) is 109 Å². The Kier molecular flexibility index (Phi) is 41.7. The van der Waals surface area contributed by atoms with Gasteiger partial charge in [-0.05, 0) is 83.5 Å². The third-order valence-corrected chi connectivity index (χ3v) is 9.53. The van der Waals surface area contributed by atoms with Gasteiger partial charge in [-0.15, -0.1) is 0 Å². The molecule has 0 aliphatic carbocycles. The molecule has 0 radical (unpaired) electrons. The van der Waals surface area contributed by atoms with Crippen LogP contribution in [-0.4, -0.2) is 82.3 Å². The molecule has 0 bridgehead atoms. The molecule has 0 spiro atoms. The predicted octanol–water partition coefficient (Wildman–Crippen LogP) is 11.9. The second-order valence-electron chi connectivity index (χ2n) is 16.7. The number of carboxylic acid groups (broad SMARTS) is 1. The summed E-state index contributed by atoms with van der Waals surface area (Å²) in [5.41, 5.74) is 0. The first-order valence-corrected chi connectivity index (χ1v) is 24.0. The first-order valence-electron chi connectivity index (χ1n) is 24.0. The average Bonchev–Trinajstić information content (AvgIpc) is 3.24. The van der Waals surface area contributed by atoms with E-state index in [9.17, 15) is 19.5 Å². The molecule has 0 rings (SSSR count). The summed E-state index contributed by atoms with van der Waals surface area (Å²) in [6, 6.07) is 0. The third-order valence-electron chi connectivity index (χ3n) is 9.53. The van der Waals surface area contributed by atoms with Gasteiger partial charge in [0.2, 0.25) is 0 Å². The molecule has 0 aliphatic rings. The van der Waals surface area contributed by atoms with Crippen LogP contribution in [0.5, 0.6) is 0 Å². The molecule has 0 aromatic rings. The van der Waals surface area contributed by atoms with Gasteiger partial charge in [0.15, 0.2) is 12.4 Å². The van der Waals surface area contributed by atoms with Crippen molar-refractivity contribution in [3.8, 4) is 0 Å². The number of quaternary nitrogens is 1. The van der Waals surface area contributed by atoms with Gasteiger partial charge in [0, 0.05) is 12.8 Å². The molecule has 2 unspecified atom stereocenters. The van der Waals surface area contributed by atoms with Gasteiger partial charge < -0.3 is 33.3 Å². The summed E-state index contributed by atoms with van der Waals surface area (Å²) in [5, 5.41) is 11.6. The number of hydrogen-bond donors (Lipinski definition) is 0. The molecule has 0 N–H and O–H groups in total. The predicted molar refractivity (Wildman–Crippen MR) is 260 cm³/mol. The lowest BCUT2D eigenvalue weighted by Crippen LogP contribution is -2.44. The minimum absolute atomic E-state index is 0.138. The zero-order valence-corrected chi connectivity index (χ0v) is 40.1. The quantitative estimate of drug-likeness (QED) is 0.0196. The first-order chi connectivity index (χ1) is 30.6. The standard InChI is InChI=1S/C54H87NO8/c1-6-8-10-12-13-14-15-16-17-18-19-20-21-22-23-24-25-26-27-28-29-30-31-32-33-34-35-36-37-38-39-41-43-45-52(57)63-50(48-61-51(56)44-42-40-11-9-7-2)49-62-54(53(58)59)60-47-46-55(3,4)5/h8,10,13-14,16-17,19-20,22-23,25-26,28-29,31-32,34-35,50,54H,6-7,9,11-12,15,18,21,24,27,30,33,36-49H2,1-5H3/b10-8-,14-13-,17-16-,20-19-,23-22-,26-25-,29-28-,32-31-,35-34-. The lowest BCUT2D eigenvalue weighted by atomic mass is 10.1. The Labute approximate surface area is 384 Å². The molecule has 9 heteroatoms. The summed E-state index contributed by atoms with van der Waals surface area (Å²) in [5.74, 6) is -2.34. The van der Waals surface area contributed by atoms with Crippen molar-refractivity contribution in [1.29, 1.82) is 0 Å². The van der Waals surface area contributed by atoms with Crippen LogP contribution in [0.15, 0.2) is 109 Å². The monoisotopic (exact) mass is 878 g/mol. The van der Waals surface area contributed by atoms with Crippen LogP contribution in [0, 0.1) is 0 Å². The fourth-order valence-electron chi connectivity index (χ4n) is 5.82. The van der Waals surface area contributed by atoms with Crippen LogP contribution in [0.4, 0.5) is 0 Å². The van der Waals surface area contributed by atoms with Crippen molar-refractivity contribution in [3.63, 3.8) is 0 Å². The van der Waals surface area contributed by atoms with Gasteiger partial charge in [-0.3, -0.25) is 9.59 Å². The molecule has 356 valence electrons. The molecule has 0 saturated carbocycles. The summed E-state index contributed by atoms with van der Waals surface area (Å²) in [6.45, 7) is 4.47. The molecule has 0 saturated heterocycles. The maximum atomic E-state index is 12.7. The van der Waals surface area contributed by atoms with E-state index < -0.39 is 24.3 Å². The van der Waals surface area contributed by atoms with Crippen LogP contribution >= 0.6 is 0 Å². The summed E-state index contributed by atoms with van der Waals surface area (Å²) in [4.78, 5) is 36.6. The largest absolute Gasteiger partial charge is 0.545 e. The Hall–Kier alpha value is -4.05. The van der Waals surface area contributed by atoms with Crippen molar-refractivity contribution < 1.29 is 42.9 Å². The Morgan fingerprint density at radius 1 is 0.492 bits per heavy atom. The molecular formula is C54H87NO8. The molecule has 0 aliphatic heterocycles. The lowest BCUT2D eigenvalue weighted by Gasteiger charge is -2.26. The van der Waals surface area contributed by atoms with E-state index >= 15 is 0 Å². The van der Waals surface area contributed by atoms with E-state index in [0.717, 1.165) is 122 Å². The number of nitrogens with zero attached hydrogens (tertiary/aromatic N) is 1. The maximum absolute atomic E-state index is 12.7. The zero-order valence-electron chi connectivity index (χ0n) is 40.1. The van der Waals surface area contributed by atoms with E-state index in [1.165, 1.54) is 0 Å². The minimum Gasteiger partial charge on any atom is -0.545 e. The molecule has 0 aromatic heterocycles. The van der Waals surface area contributed by atoms with Crippen molar-refractivity contribution in [1.82, 2.24) is 0 Å². The fourth-order valence-corrected chi connectivity index (χ4v) is 5.82. The van der Waals surface area contributed by atoms with Gasteiger partial charge in [-0.25, -0.2) is 0 Å². The van der Waals surface area contributed by atoms with Crippen molar-refractivity contribution in [2.45, 2.75) is 167 Å². The highest BCUT2D eigenvalue weighted by atomic mass is 16.7. The van der Waals surface area contributed by atoms with Gasteiger partial charge in [0.1, 0.15) is 13.2 Å². The number of esters is 2. The number of hydrogen-bond acceptors (Lipinski definition) is 8. The van der Waals surface area contributed by atoms with Crippen LogP contribution in [0.1, 0.15) is 155 Å². The van der Waals surface area contributed by atoms with E-state index in [1.807, 2.05) is 21.1 Å². The van der Waals surface area contributed by atoms with Crippen LogP contribution in [-0.2, 0) is 33.3 Å². The van der Waals surface area contributed by atoms with Gasteiger partial charge in [-0.2, -0.15) is 0 Å². The highest BCUT2D eigenvalue weighted by Crippen LogP contribution is 2.12. The summed E-state index contributed by atoms with van der Waals surface area (Å²) >= 11 is 0. The minimum atomic E-state index is -1.63. The number of carbonyl (C=O) groups is 3. The third kappa shape index (κ3) is 45.8. The molecule has 0 fully saturated rings. The Balaban J connectivity index is 4.18. The number of allylic oxidation sites excluding steroid dienone is 18. The second-order valence-corrected chi connectivity index (χ2v) is 16.7. The van der Waals surface area contributed by atoms with Crippen LogP contribution in [0.2, 0.25) is 0 Å². The van der Waals surface area contributed by atoms with E-state index in [2.05, 4.69) is 123 Å². The van der Waals surface area contributed by atoms with Crippen molar-refractivity contribution in [2.75, 3.05) is 47.5 Å². The van der Waals surface area contributed by atoms with E-state index in [4.69, 9.17) is 18.9 Å². The van der Waals surface area contributed by atoms with Gasteiger partial charge in [0.25, 0.3) is 0 Å². The highest BCUT2D eigenvalue weighted by molar-refractivity contribution is 5.70. The second kappa shape index (κ2) is 44.6. The summed E-state index contributed by atoms with van der Waals surface area (Å²) in [7, 11) is 5.88. The number of likely N-dealkylation sites (N-methyl/N-ethyl adjacent to an activating group) is 1. The highest BCUT2D eigenvalue weighted by Gasteiger charge is 2.21. The maximum Gasteiger partial charge on any atom is 0.306 e. The summed E-state index contributed by atoms with van der Waals surface area (Å²) < 4.78 is 22.3.